The zero-order valence-electron chi connectivity index (χ0n) is 13.8. The first-order chi connectivity index (χ1) is 10.7. The Balaban J connectivity index is 0.00000156. The number of carbonyl (C=O) groups excluding carboxylic acids is 1. The minimum absolute atomic E-state index is 0. The normalized spacial score (nSPS) is 27.0. The van der Waals surface area contributed by atoms with Crippen molar-refractivity contribution in [2.45, 2.75) is 70.5 Å². The van der Waals surface area contributed by atoms with Gasteiger partial charge in [0, 0.05) is 42.9 Å². The first-order valence-corrected chi connectivity index (χ1v) is 8.83. The number of carbonyl (C=O) groups is 1. The van der Waals surface area contributed by atoms with Crippen molar-refractivity contribution in [1.82, 2.24) is 20.4 Å². The highest BCUT2D eigenvalue weighted by atomic mass is 35.5. The number of fused-ring (bicyclic) bond motifs is 1. The first-order valence-electron chi connectivity index (χ1n) is 8.83. The lowest BCUT2D eigenvalue weighted by atomic mass is 9.86. The van der Waals surface area contributed by atoms with Gasteiger partial charge in [-0.3, -0.25) is 9.89 Å². The van der Waals surface area contributed by atoms with Gasteiger partial charge in [-0.1, -0.05) is 6.92 Å². The Labute approximate surface area is 144 Å². The van der Waals surface area contributed by atoms with E-state index in [2.05, 4.69) is 27.3 Å². The Bertz CT molecular complexity index is 561. The van der Waals surface area contributed by atoms with Crippen LogP contribution in [0.3, 0.4) is 0 Å². The van der Waals surface area contributed by atoms with E-state index in [-0.39, 0.29) is 18.3 Å². The summed E-state index contributed by atoms with van der Waals surface area (Å²) in [6, 6.07) is 0.898. The Hall–Kier alpha value is -1.07. The monoisotopic (exact) mass is 338 g/mol. The minimum atomic E-state index is 0. The van der Waals surface area contributed by atoms with Gasteiger partial charge in [0.15, 0.2) is 5.69 Å². The molecular formula is C17H27ClN4O. The Morgan fingerprint density at radius 1 is 1.13 bits per heavy atom. The van der Waals surface area contributed by atoms with Gasteiger partial charge in [0.1, 0.15) is 0 Å². The second-order valence-corrected chi connectivity index (χ2v) is 7.31. The molecule has 2 N–H and O–H groups in total. The maximum absolute atomic E-state index is 13.2. The fourth-order valence-electron chi connectivity index (χ4n) is 4.03. The standard InChI is InChI=1S/C17H26N4O.ClH/c1-11-2-4-12(5-3-11)21(13-6-7-13)17(22)16-14-10-18-9-8-15(14)19-20-16;/h11-13,18H,2-10H2,1H3,(H,19,20);1H. The van der Waals surface area contributed by atoms with Crippen LogP contribution in [0.25, 0.3) is 0 Å². The first kappa shape index (κ1) is 16.8. The predicted molar refractivity (Wildman–Crippen MR) is 91.9 cm³/mol. The molecule has 6 heteroatoms. The molecule has 1 aliphatic heterocycles. The number of nitrogens with one attached hydrogen (secondary N) is 2. The summed E-state index contributed by atoms with van der Waals surface area (Å²) in [6.45, 7) is 4.07. The molecule has 0 atom stereocenters. The molecule has 2 aliphatic carbocycles. The molecule has 2 fully saturated rings. The van der Waals surface area contributed by atoms with E-state index in [4.69, 9.17) is 0 Å². The summed E-state index contributed by atoms with van der Waals surface area (Å²) < 4.78 is 0. The number of amides is 1. The van der Waals surface area contributed by atoms with Crippen molar-refractivity contribution in [1.29, 1.82) is 0 Å². The van der Waals surface area contributed by atoms with Crippen LogP contribution in [0.1, 0.15) is 67.2 Å². The van der Waals surface area contributed by atoms with Crippen molar-refractivity contribution < 1.29 is 4.79 Å². The maximum Gasteiger partial charge on any atom is 0.275 e. The molecule has 1 aromatic rings. The molecule has 128 valence electrons. The molecule has 2 saturated carbocycles. The minimum Gasteiger partial charge on any atom is -0.331 e. The summed E-state index contributed by atoms with van der Waals surface area (Å²) in [5.74, 6) is 0.984. The summed E-state index contributed by atoms with van der Waals surface area (Å²) in [5, 5.41) is 10.8. The van der Waals surface area contributed by atoms with E-state index in [0.29, 0.717) is 17.8 Å². The van der Waals surface area contributed by atoms with E-state index in [1.54, 1.807) is 0 Å². The zero-order valence-corrected chi connectivity index (χ0v) is 14.6. The van der Waals surface area contributed by atoms with Crippen molar-refractivity contribution in [3.05, 3.63) is 17.0 Å². The number of aromatic amines is 1. The van der Waals surface area contributed by atoms with Gasteiger partial charge in [-0.05, 0) is 44.4 Å². The zero-order chi connectivity index (χ0) is 15.1. The number of rotatable bonds is 3. The van der Waals surface area contributed by atoms with Crippen LogP contribution < -0.4 is 5.32 Å². The quantitative estimate of drug-likeness (QED) is 0.890. The molecule has 5 nitrogen and oxygen atoms in total. The van der Waals surface area contributed by atoms with Gasteiger partial charge in [0.25, 0.3) is 5.91 Å². The van der Waals surface area contributed by atoms with Crippen molar-refractivity contribution in [2.75, 3.05) is 6.54 Å². The van der Waals surface area contributed by atoms with Crippen molar-refractivity contribution >= 4 is 18.3 Å². The fraction of sp³-hybridized carbons (Fsp3) is 0.765. The summed E-state index contributed by atoms with van der Waals surface area (Å²) in [7, 11) is 0. The van der Waals surface area contributed by atoms with Crippen LogP contribution in [0.15, 0.2) is 0 Å². The van der Waals surface area contributed by atoms with E-state index in [0.717, 1.165) is 49.5 Å². The molecule has 0 spiro atoms. The third kappa shape index (κ3) is 3.26. The van der Waals surface area contributed by atoms with E-state index in [9.17, 15) is 4.79 Å². The predicted octanol–water partition coefficient (Wildman–Crippen LogP) is 2.66. The molecule has 0 bridgehead atoms. The highest BCUT2D eigenvalue weighted by Gasteiger charge is 2.40. The van der Waals surface area contributed by atoms with Crippen molar-refractivity contribution in [3.8, 4) is 0 Å². The van der Waals surface area contributed by atoms with Gasteiger partial charge >= 0.3 is 0 Å². The number of halogens is 1. The molecule has 2 heterocycles. The van der Waals surface area contributed by atoms with E-state index < -0.39 is 0 Å². The second kappa shape index (κ2) is 6.81. The molecule has 1 aromatic heterocycles. The average molecular weight is 339 g/mol. The molecule has 3 aliphatic rings. The summed E-state index contributed by atoms with van der Waals surface area (Å²) in [6.07, 6.45) is 8.11. The van der Waals surface area contributed by atoms with E-state index in [1.807, 2.05) is 0 Å². The molecular weight excluding hydrogens is 312 g/mol. The number of H-pyrrole nitrogens is 1. The van der Waals surface area contributed by atoms with Gasteiger partial charge in [0.05, 0.1) is 0 Å². The highest BCUT2D eigenvalue weighted by molar-refractivity contribution is 5.94. The van der Waals surface area contributed by atoms with Crippen LogP contribution >= 0.6 is 12.4 Å². The van der Waals surface area contributed by atoms with Gasteiger partial charge in [-0.2, -0.15) is 5.10 Å². The molecule has 1 amide bonds. The number of aromatic nitrogens is 2. The lowest BCUT2D eigenvalue weighted by Crippen LogP contribution is -2.44. The number of hydrogen-bond acceptors (Lipinski definition) is 3. The number of nitrogens with zero attached hydrogens (tertiary/aromatic N) is 2. The number of hydrogen-bond donors (Lipinski definition) is 2. The smallest absolute Gasteiger partial charge is 0.275 e. The molecule has 0 radical (unpaired) electrons. The highest BCUT2D eigenvalue weighted by Crippen LogP contribution is 2.36. The largest absolute Gasteiger partial charge is 0.331 e. The Kier molecular flexibility index (Phi) is 4.97. The maximum atomic E-state index is 13.2. The second-order valence-electron chi connectivity index (χ2n) is 7.31. The van der Waals surface area contributed by atoms with Crippen LogP contribution in [-0.2, 0) is 13.0 Å². The summed E-state index contributed by atoms with van der Waals surface area (Å²) >= 11 is 0. The molecule has 23 heavy (non-hydrogen) atoms. The van der Waals surface area contributed by atoms with Crippen molar-refractivity contribution in [2.24, 2.45) is 5.92 Å². The van der Waals surface area contributed by atoms with Crippen LogP contribution in [0.5, 0.6) is 0 Å². The van der Waals surface area contributed by atoms with Gasteiger partial charge in [0.2, 0.25) is 0 Å². The Morgan fingerprint density at radius 2 is 1.78 bits per heavy atom. The lowest BCUT2D eigenvalue weighted by Gasteiger charge is -2.36. The molecule has 0 aromatic carbocycles. The average Bonchev–Trinajstić information content (AvgIpc) is 3.27. The molecule has 0 unspecified atom stereocenters. The van der Waals surface area contributed by atoms with Crippen LogP contribution in [0.2, 0.25) is 0 Å². The van der Waals surface area contributed by atoms with Crippen LogP contribution in [0, 0.1) is 5.92 Å². The van der Waals surface area contributed by atoms with E-state index >= 15 is 0 Å². The van der Waals surface area contributed by atoms with Crippen LogP contribution in [0.4, 0.5) is 0 Å². The van der Waals surface area contributed by atoms with Crippen LogP contribution in [-0.4, -0.2) is 39.6 Å². The van der Waals surface area contributed by atoms with E-state index in [1.165, 1.54) is 25.7 Å². The van der Waals surface area contributed by atoms with Gasteiger partial charge in [-0.25, -0.2) is 0 Å². The van der Waals surface area contributed by atoms with Gasteiger partial charge < -0.3 is 10.2 Å². The summed E-state index contributed by atoms with van der Waals surface area (Å²) in [5.41, 5.74) is 2.92. The lowest BCUT2D eigenvalue weighted by molar-refractivity contribution is 0.0585. The van der Waals surface area contributed by atoms with Gasteiger partial charge in [-0.15, -0.1) is 12.4 Å². The van der Waals surface area contributed by atoms with Crippen molar-refractivity contribution in [3.63, 3.8) is 0 Å². The fourth-order valence-corrected chi connectivity index (χ4v) is 4.03. The molecule has 4 rings (SSSR count). The topological polar surface area (TPSA) is 61.0 Å². The SMILES string of the molecule is CC1CCC(N(C(=O)c2n[nH]c3c2CNCC3)C2CC2)CC1.Cl. The molecule has 0 saturated heterocycles. The third-order valence-electron chi connectivity index (χ3n) is 5.56. The Morgan fingerprint density at radius 3 is 2.43 bits per heavy atom. The summed E-state index contributed by atoms with van der Waals surface area (Å²) in [4.78, 5) is 15.3. The third-order valence-corrected chi connectivity index (χ3v) is 5.56.